The Balaban J connectivity index is 1.77. The van der Waals surface area contributed by atoms with Crippen LogP contribution in [0.3, 0.4) is 0 Å². The van der Waals surface area contributed by atoms with E-state index in [9.17, 15) is 9.59 Å². The number of carbonyl (C=O) groups excluding carboxylic acids is 2. The third-order valence-corrected chi connectivity index (χ3v) is 6.57. The minimum atomic E-state index is -0.636. The number of morpholine rings is 1. The van der Waals surface area contributed by atoms with Crippen LogP contribution in [0.1, 0.15) is 42.2 Å². The van der Waals surface area contributed by atoms with E-state index in [1.54, 1.807) is 26.4 Å². The van der Waals surface area contributed by atoms with Gasteiger partial charge in [0.25, 0.3) is 5.91 Å². The van der Waals surface area contributed by atoms with E-state index >= 15 is 0 Å². The van der Waals surface area contributed by atoms with Crippen molar-refractivity contribution in [1.29, 1.82) is 0 Å². The predicted octanol–water partition coefficient (Wildman–Crippen LogP) is 3.04. The minimum Gasteiger partial charge on any atom is -0.493 e. The molecule has 3 unspecified atom stereocenters. The second-order valence-corrected chi connectivity index (χ2v) is 8.73. The Morgan fingerprint density at radius 3 is 2.34 bits per heavy atom. The summed E-state index contributed by atoms with van der Waals surface area (Å²) in [4.78, 5) is 28.4. The van der Waals surface area contributed by atoms with E-state index in [0.717, 1.165) is 25.1 Å². The number of nitrogens with one attached hydrogen (secondary N) is 2. The number of rotatable bonds is 11. The highest BCUT2D eigenvalue weighted by atomic mass is 16.5. The summed E-state index contributed by atoms with van der Waals surface area (Å²) in [6, 6.07) is 14.1. The molecule has 2 aromatic rings. The van der Waals surface area contributed by atoms with Crippen molar-refractivity contribution >= 4 is 11.8 Å². The highest BCUT2D eigenvalue weighted by molar-refractivity contribution is 5.97. The maximum Gasteiger partial charge on any atom is 0.251 e. The van der Waals surface area contributed by atoms with Crippen molar-refractivity contribution in [1.82, 2.24) is 15.5 Å². The molecule has 1 fully saturated rings. The van der Waals surface area contributed by atoms with Crippen LogP contribution >= 0.6 is 0 Å². The Kier molecular flexibility index (Phi) is 9.93. The van der Waals surface area contributed by atoms with Crippen molar-refractivity contribution in [2.75, 3.05) is 47.1 Å². The molecule has 35 heavy (non-hydrogen) atoms. The Labute approximate surface area is 207 Å². The third kappa shape index (κ3) is 6.96. The summed E-state index contributed by atoms with van der Waals surface area (Å²) in [5, 5.41) is 6.05. The molecule has 3 atom stereocenters. The summed E-state index contributed by atoms with van der Waals surface area (Å²) in [5.41, 5.74) is 1.54. The van der Waals surface area contributed by atoms with E-state index in [1.807, 2.05) is 50.2 Å². The van der Waals surface area contributed by atoms with Crippen LogP contribution < -0.4 is 20.1 Å². The van der Waals surface area contributed by atoms with E-state index < -0.39 is 6.04 Å². The van der Waals surface area contributed by atoms with E-state index in [4.69, 9.17) is 14.2 Å². The zero-order valence-corrected chi connectivity index (χ0v) is 21.1. The van der Waals surface area contributed by atoms with Gasteiger partial charge in [0.1, 0.15) is 6.04 Å². The van der Waals surface area contributed by atoms with Crippen molar-refractivity contribution < 1.29 is 23.8 Å². The minimum absolute atomic E-state index is 0.0226. The van der Waals surface area contributed by atoms with Crippen LogP contribution in [-0.4, -0.2) is 69.8 Å². The van der Waals surface area contributed by atoms with Gasteiger partial charge in [-0.1, -0.05) is 44.5 Å². The average Bonchev–Trinajstić information content (AvgIpc) is 2.92. The molecule has 0 radical (unpaired) electrons. The van der Waals surface area contributed by atoms with Gasteiger partial charge >= 0.3 is 0 Å². The molecule has 0 bridgehead atoms. The summed E-state index contributed by atoms with van der Waals surface area (Å²) >= 11 is 0. The second kappa shape index (κ2) is 13.1. The normalized spacial score (nSPS) is 16.6. The molecule has 0 aromatic heterocycles. The summed E-state index contributed by atoms with van der Waals surface area (Å²) in [7, 11) is 3.22. The molecule has 2 N–H and O–H groups in total. The van der Waals surface area contributed by atoms with E-state index in [0.29, 0.717) is 36.8 Å². The van der Waals surface area contributed by atoms with Crippen molar-refractivity contribution in [2.45, 2.75) is 32.4 Å². The highest BCUT2D eigenvalue weighted by Crippen LogP contribution is 2.32. The maximum atomic E-state index is 13.3. The number of benzene rings is 2. The molecular formula is C27H37N3O5. The fourth-order valence-electron chi connectivity index (χ4n) is 4.23. The molecular weight excluding hydrogens is 446 g/mol. The van der Waals surface area contributed by atoms with Gasteiger partial charge in [-0.3, -0.25) is 14.5 Å². The lowest BCUT2D eigenvalue weighted by Crippen LogP contribution is -2.52. The van der Waals surface area contributed by atoms with E-state index in [-0.39, 0.29) is 23.8 Å². The highest BCUT2D eigenvalue weighted by Gasteiger charge is 2.29. The topological polar surface area (TPSA) is 89.1 Å². The van der Waals surface area contributed by atoms with Gasteiger partial charge in [0.15, 0.2) is 11.5 Å². The first-order valence-electron chi connectivity index (χ1n) is 12.2. The van der Waals surface area contributed by atoms with Gasteiger partial charge in [0.05, 0.1) is 33.5 Å². The van der Waals surface area contributed by atoms with Gasteiger partial charge in [-0.2, -0.15) is 0 Å². The molecule has 8 heteroatoms. The molecule has 1 aliphatic rings. The second-order valence-electron chi connectivity index (χ2n) is 8.73. The standard InChI is InChI=1S/C27H37N3O5/c1-5-19(2)25(29-26(31)20-9-7-6-8-10-20)27(32)28-18-22(30-13-15-35-16-14-30)21-11-12-23(33-3)24(17-21)34-4/h6-12,17,19,22,25H,5,13-16,18H2,1-4H3,(H,28,32)(H,29,31). The molecule has 3 rings (SSSR count). The van der Waals surface area contributed by atoms with Crippen LogP contribution in [0.5, 0.6) is 11.5 Å². The molecule has 8 nitrogen and oxygen atoms in total. The smallest absolute Gasteiger partial charge is 0.251 e. The zero-order valence-electron chi connectivity index (χ0n) is 21.1. The summed E-state index contributed by atoms with van der Waals surface area (Å²) in [6.07, 6.45) is 0.760. The quantitative estimate of drug-likeness (QED) is 0.511. The molecule has 190 valence electrons. The van der Waals surface area contributed by atoms with E-state index in [1.165, 1.54) is 0 Å². The number of hydrogen-bond donors (Lipinski definition) is 2. The van der Waals surface area contributed by atoms with Gasteiger partial charge in [0, 0.05) is 25.2 Å². The van der Waals surface area contributed by atoms with Gasteiger partial charge in [-0.25, -0.2) is 0 Å². The van der Waals surface area contributed by atoms with E-state index in [2.05, 4.69) is 15.5 Å². The number of carbonyl (C=O) groups is 2. The fourth-order valence-corrected chi connectivity index (χ4v) is 4.23. The summed E-state index contributed by atoms with van der Waals surface area (Å²) < 4.78 is 16.4. The molecule has 2 aromatic carbocycles. The van der Waals surface area contributed by atoms with Crippen LogP contribution in [0.15, 0.2) is 48.5 Å². The number of methoxy groups -OCH3 is 2. The largest absolute Gasteiger partial charge is 0.493 e. The number of amides is 2. The molecule has 0 aliphatic carbocycles. The zero-order chi connectivity index (χ0) is 25.2. The lowest BCUT2D eigenvalue weighted by Gasteiger charge is -2.35. The first-order valence-corrected chi connectivity index (χ1v) is 12.2. The summed E-state index contributed by atoms with van der Waals surface area (Å²) in [5.74, 6) is 0.826. The maximum absolute atomic E-state index is 13.3. The molecule has 1 aliphatic heterocycles. The number of hydrogen-bond acceptors (Lipinski definition) is 6. The van der Waals surface area contributed by atoms with Crippen LogP contribution in [0.4, 0.5) is 0 Å². The molecule has 0 saturated carbocycles. The first kappa shape index (κ1) is 26.5. The van der Waals surface area contributed by atoms with Gasteiger partial charge in [-0.15, -0.1) is 0 Å². The van der Waals surface area contributed by atoms with Crippen LogP contribution in [-0.2, 0) is 9.53 Å². The number of nitrogens with zero attached hydrogens (tertiary/aromatic N) is 1. The third-order valence-electron chi connectivity index (χ3n) is 6.57. The monoisotopic (exact) mass is 483 g/mol. The summed E-state index contributed by atoms with van der Waals surface area (Å²) in [6.45, 7) is 7.18. The molecule has 0 spiro atoms. The van der Waals surface area contributed by atoms with Crippen molar-refractivity contribution in [2.24, 2.45) is 5.92 Å². The molecule has 2 amide bonds. The van der Waals surface area contributed by atoms with Crippen LogP contribution in [0.25, 0.3) is 0 Å². The Morgan fingerprint density at radius 2 is 1.71 bits per heavy atom. The van der Waals surface area contributed by atoms with Gasteiger partial charge in [-0.05, 0) is 35.7 Å². The average molecular weight is 484 g/mol. The first-order chi connectivity index (χ1) is 17.0. The fraction of sp³-hybridized carbons (Fsp3) is 0.481. The van der Waals surface area contributed by atoms with Gasteiger partial charge in [0.2, 0.25) is 5.91 Å². The van der Waals surface area contributed by atoms with Crippen LogP contribution in [0.2, 0.25) is 0 Å². The van der Waals surface area contributed by atoms with Crippen molar-refractivity contribution in [3.63, 3.8) is 0 Å². The van der Waals surface area contributed by atoms with Gasteiger partial charge < -0.3 is 24.8 Å². The van der Waals surface area contributed by atoms with Crippen molar-refractivity contribution in [3.05, 3.63) is 59.7 Å². The lowest BCUT2D eigenvalue weighted by molar-refractivity contribution is -0.124. The molecule has 1 saturated heterocycles. The Morgan fingerprint density at radius 1 is 1.03 bits per heavy atom. The Hall–Kier alpha value is -3.10. The van der Waals surface area contributed by atoms with Crippen LogP contribution in [0, 0.1) is 5.92 Å². The predicted molar refractivity (Wildman–Crippen MR) is 135 cm³/mol. The Bertz CT molecular complexity index is 963. The lowest BCUT2D eigenvalue weighted by atomic mass is 9.97. The number of ether oxygens (including phenoxy) is 3. The molecule has 1 heterocycles. The van der Waals surface area contributed by atoms with Crippen molar-refractivity contribution in [3.8, 4) is 11.5 Å². The SMILES string of the molecule is CCC(C)C(NC(=O)c1ccccc1)C(=O)NCC(c1ccc(OC)c(OC)c1)N1CCOCC1.